The molecular weight excluding hydrogens is 449 g/mol. The third-order valence-electron chi connectivity index (χ3n) is 6.86. The number of halogens is 1. The van der Waals surface area contributed by atoms with Gasteiger partial charge < -0.3 is 20.1 Å². The van der Waals surface area contributed by atoms with E-state index in [1.807, 2.05) is 12.1 Å². The Morgan fingerprint density at radius 2 is 1.94 bits per heavy atom. The molecule has 0 spiro atoms. The van der Waals surface area contributed by atoms with Gasteiger partial charge in [-0.05, 0) is 62.4 Å². The Bertz CT molecular complexity index is 1230. The molecule has 1 saturated carbocycles. The molecule has 3 aromatic rings. The van der Waals surface area contributed by atoms with Crippen LogP contribution in [-0.4, -0.2) is 59.7 Å². The van der Waals surface area contributed by atoms with Gasteiger partial charge in [-0.25, -0.2) is 14.4 Å². The Morgan fingerprint density at radius 3 is 2.69 bits per heavy atom. The van der Waals surface area contributed by atoms with Crippen molar-refractivity contribution in [2.24, 2.45) is 0 Å². The molecule has 35 heavy (non-hydrogen) atoms. The quantitative estimate of drug-likeness (QED) is 0.553. The van der Waals surface area contributed by atoms with Crippen LogP contribution in [0.2, 0.25) is 0 Å². The second-order valence-electron chi connectivity index (χ2n) is 9.20. The maximum Gasteiger partial charge on any atom is 0.234 e. The average molecular weight is 480 g/mol. The van der Waals surface area contributed by atoms with Gasteiger partial charge in [-0.2, -0.15) is 0 Å². The summed E-state index contributed by atoms with van der Waals surface area (Å²) in [7, 11) is 1.62. The minimum Gasteiger partial charge on any atom is -0.493 e. The Labute approximate surface area is 203 Å². The summed E-state index contributed by atoms with van der Waals surface area (Å²) in [6.07, 6.45) is 5.37. The minimum atomic E-state index is -0.248. The molecule has 0 bridgehead atoms. The van der Waals surface area contributed by atoms with E-state index in [1.54, 1.807) is 26.2 Å². The van der Waals surface area contributed by atoms with Gasteiger partial charge in [0.15, 0.2) is 11.5 Å². The first-order valence-electron chi connectivity index (χ1n) is 12.0. The Balaban J connectivity index is 1.33. The zero-order chi connectivity index (χ0) is 24.4. The van der Waals surface area contributed by atoms with Crippen LogP contribution in [0.4, 0.5) is 15.9 Å². The molecule has 1 amide bonds. The molecule has 0 unspecified atom stereocenters. The molecule has 8 nitrogen and oxygen atoms in total. The standard InChI is InChI=1S/C26H30FN5O3/c1-16-11-17(3-8-21(16)27)31-26-20-12-24(23(34-2)13-22(20)29-15-30-26)35-19-6-4-18(5-7-19)32-10-9-28-25(33)14-32/h3,8,11-13,15,18-19H,4-7,9-10,14H2,1-2H3,(H,28,33)(H,29,30,31). The van der Waals surface area contributed by atoms with E-state index in [0.717, 1.165) is 55.4 Å². The minimum absolute atomic E-state index is 0.0667. The number of rotatable bonds is 6. The second kappa shape index (κ2) is 10.0. The molecule has 184 valence electrons. The van der Waals surface area contributed by atoms with E-state index in [4.69, 9.17) is 9.47 Å². The predicted molar refractivity (Wildman–Crippen MR) is 132 cm³/mol. The van der Waals surface area contributed by atoms with Gasteiger partial charge in [0.2, 0.25) is 5.91 Å². The summed E-state index contributed by atoms with van der Waals surface area (Å²) in [5.74, 6) is 1.74. The van der Waals surface area contributed by atoms with Gasteiger partial charge in [-0.15, -0.1) is 0 Å². The van der Waals surface area contributed by atoms with Gasteiger partial charge in [-0.3, -0.25) is 9.69 Å². The summed E-state index contributed by atoms with van der Waals surface area (Å²) in [4.78, 5) is 22.8. The Kier molecular flexibility index (Phi) is 6.68. The number of benzene rings is 2. The van der Waals surface area contributed by atoms with E-state index >= 15 is 0 Å². The highest BCUT2D eigenvalue weighted by atomic mass is 19.1. The number of aromatic nitrogens is 2. The molecular formula is C26H30FN5O3. The van der Waals surface area contributed by atoms with Gasteiger partial charge in [0, 0.05) is 36.3 Å². The predicted octanol–water partition coefficient (Wildman–Crippen LogP) is 3.95. The van der Waals surface area contributed by atoms with Crippen molar-refractivity contribution < 1.29 is 18.7 Å². The first kappa shape index (κ1) is 23.3. The van der Waals surface area contributed by atoms with Gasteiger partial charge in [-0.1, -0.05) is 0 Å². The molecule has 2 aliphatic rings. The smallest absolute Gasteiger partial charge is 0.234 e. The second-order valence-corrected chi connectivity index (χ2v) is 9.20. The van der Waals surface area contributed by atoms with Crippen LogP contribution in [0, 0.1) is 12.7 Å². The molecule has 2 heterocycles. The summed E-state index contributed by atoms with van der Waals surface area (Å²) in [5, 5.41) is 6.96. The summed E-state index contributed by atoms with van der Waals surface area (Å²) in [5.41, 5.74) is 2.02. The maximum absolute atomic E-state index is 13.7. The summed E-state index contributed by atoms with van der Waals surface area (Å²) >= 11 is 0. The van der Waals surface area contributed by atoms with Crippen molar-refractivity contribution in [3.63, 3.8) is 0 Å². The summed E-state index contributed by atoms with van der Waals surface area (Å²) in [6, 6.07) is 9.05. The fraction of sp³-hybridized carbons (Fsp3) is 0.423. The first-order chi connectivity index (χ1) is 17.0. The van der Waals surface area contributed by atoms with Gasteiger partial charge >= 0.3 is 0 Å². The lowest BCUT2D eigenvalue weighted by Gasteiger charge is -2.38. The number of hydrogen-bond acceptors (Lipinski definition) is 7. The van der Waals surface area contributed by atoms with Gasteiger partial charge in [0.25, 0.3) is 0 Å². The molecule has 2 aromatic carbocycles. The van der Waals surface area contributed by atoms with Crippen LogP contribution in [0.5, 0.6) is 11.5 Å². The molecule has 9 heteroatoms. The fourth-order valence-electron chi connectivity index (χ4n) is 4.95. The van der Waals surface area contributed by atoms with Crippen molar-refractivity contribution in [1.29, 1.82) is 0 Å². The highest BCUT2D eigenvalue weighted by Crippen LogP contribution is 2.37. The van der Waals surface area contributed by atoms with E-state index in [9.17, 15) is 9.18 Å². The van der Waals surface area contributed by atoms with E-state index in [1.165, 1.54) is 12.4 Å². The van der Waals surface area contributed by atoms with E-state index in [2.05, 4.69) is 25.5 Å². The number of carbonyl (C=O) groups is 1. The van der Waals surface area contributed by atoms with Crippen molar-refractivity contribution in [2.75, 3.05) is 32.1 Å². The van der Waals surface area contributed by atoms with Gasteiger partial charge in [0.05, 0.1) is 25.3 Å². The van der Waals surface area contributed by atoms with Crippen LogP contribution in [0.25, 0.3) is 10.9 Å². The zero-order valence-electron chi connectivity index (χ0n) is 20.0. The van der Waals surface area contributed by atoms with Crippen LogP contribution in [0.15, 0.2) is 36.7 Å². The third-order valence-corrected chi connectivity index (χ3v) is 6.86. The zero-order valence-corrected chi connectivity index (χ0v) is 20.0. The van der Waals surface area contributed by atoms with Crippen LogP contribution in [0.3, 0.4) is 0 Å². The Hall–Kier alpha value is -3.46. The lowest BCUT2D eigenvalue weighted by Crippen LogP contribution is -2.52. The van der Waals surface area contributed by atoms with Crippen LogP contribution < -0.4 is 20.1 Å². The van der Waals surface area contributed by atoms with Crippen molar-refractivity contribution in [3.05, 3.63) is 48.0 Å². The molecule has 0 atom stereocenters. The lowest BCUT2D eigenvalue weighted by atomic mass is 9.91. The van der Waals surface area contributed by atoms with Crippen molar-refractivity contribution in [3.8, 4) is 11.5 Å². The number of ether oxygens (including phenoxy) is 2. The van der Waals surface area contributed by atoms with Crippen LogP contribution in [-0.2, 0) is 4.79 Å². The number of nitrogens with zero attached hydrogens (tertiary/aromatic N) is 3. The molecule has 2 fully saturated rings. The maximum atomic E-state index is 13.7. The topological polar surface area (TPSA) is 88.6 Å². The van der Waals surface area contributed by atoms with E-state index in [-0.39, 0.29) is 17.8 Å². The van der Waals surface area contributed by atoms with Gasteiger partial charge in [0.1, 0.15) is 18.0 Å². The number of amides is 1. The molecule has 5 rings (SSSR count). The molecule has 0 radical (unpaired) electrons. The number of hydrogen-bond donors (Lipinski definition) is 2. The van der Waals surface area contributed by atoms with Crippen LogP contribution >= 0.6 is 0 Å². The molecule has 2 N–H and O–H groups in total. The first-order valence-corrected chi connectivity index (χ1v) is 12.0. The molecule has 1 aliphatic carbocycles. The van der Waals surface area contributed by atoms with Crippen molar-refractivity contribution in [1.82, 2.24) is 20.2 Å². The van der Waals surface area contributed by atoms with Crippen molar-refractivity contribution in [2.45, 2.75) is 44.8 Å². The largest absolute Gasteiger partial charge is 0.493 e. The van der Waals surface area contributed by atoms with E-state index in [0.29, 0.717) is 35.5 Å². The van der Waals surface area contributed by atoms with Crippen molar-refractivity contribution >= 4 is 28.3 Å². The number of piperazine rings is 1. The van der Waals surface area contributed by atoms with Crippen LogP contribution in [0.1, 0.15) is 31.2 Å². The number of anilines is 2. The number of carbonyl (C=O) groups excluding carboxylic acids is 1. The van der Waals surface area contributed by atoms with E-state index < -0.39 is 0 Å². The molecule has 1 aromatic heterocycles. The highest BCUT2D eigenvalue weighted by Gasteiger charge is 2.30. The monoisotopic (exact) mass is 479 g/mol. The number of fused-ring (bicyclic) bond motifs is 1. The lowest BCUT2D eigenvalue weighted by molar-refractivity contribution is -0.125. The Morgan fingerprint density at radius 1 is 1.11 bits per heavy atom. The fourth-order valence-corrected chi connectivity index (χ4v) is 4.95. The highest BCUT2D eigenvalue weighted by molar-refractivity contribution is 5.93. The number of aryl methyl sites for hydroxylation is 1. The third kappa shape index (κ3) is 5.14. The molecule has 1 aliphatic heterocycles. The number of nitrogens with one attached hydrogen (secondary N) is 2. The summed E-state index contributed by atoms with van der Waals surface area (Å²) < 4.78 is 25.7. The average Bonchev–Trinajstić information content (AvgIpc) is 2.87. The summed E-state index contributed by atoms with van der Waals surface area (Å²) in [6.45, 7) is 3.84. The SMILES string of the molecule is COc1cc2ncnc(Nc3ccc(F)c(C)c3)c2cc1OC1CCC(N2CCNC(=O)C2)CC1. The normalized spacial score (nSPS) is 20.9. The number of methoxy groups -OCH3 is 1. The molecule has 1 saturated heterocycles.